The average Bonchev–Trinajstić information content (AvgIpc) is 2.28. The van der Waals surface area contributed by atoms with Crippen molar-refractivity contribution in [2.24, 2.45) is 11.7 Å². The Morgan fingerprint density at radius 2 is 2.18 bits per heavy atom. The van der Waals surface area contributed by atoms with Gasteiger partial charge in [-0.25, -0.2) is 0 Å². The molecule has 1 fully saturated rings. The highest BCUT2D eigenvalue weighted by atomic mass is 16.3. The van der Waals surface area contributed by atoms with Crippen LogP contribution in [0.25, 0.3) is 0 Å². The number of nitrogens with zero attached hydrogens (tertiary/aromatic N) is 1. The normalized spacial score (nSPS) is 26.9. The Morgan fingerprint density at radius 3 is 2.76 bits per heavy atom. The van der Waals surface area contributed by atoms with Crippen molar-refractivity contribution in [1.82, 2.24) is 4.90 Å². The summed E-state index contributed by atoms with van der Waals surface area (Å²) in [6, 6.07) is 0.0682. The summed E-state index contributed by atoms with van der Waals surface area (Å²) in [5, 5.41) is 9.68. The Hall–Kier alpha value is -0.610. The molecule has 17 heavy (non-hydrogen) atoms. The molecule has 1 heterocycles. The molecule has 1 rings (SSSR count). The van der Waals surface area contributed by atoms with Crippen LogP contribution >= 0.6 is 0 Å². The quantitative estimate of drug-likeness (QED) is 0.759. The maximum atomic E-state index is 11.9. The molecule has 0 aromatic heterocycles. The van der Waals surface area contributed by atoms with Gasteiger partial charge in [0.1, 0.15) is 0 Å². The Bertz CT molecular complexity index is 246. The number of carbonyl (C=O) groups excluding carboxylic acids is 1. The van der Waals surface area contributed by atoms with Gasteiger partial charge in [0.15, 0.2) is 0 Å². The fourth-order valence-electron chi connectivity index (χ4n) is 2.54. The number of hydrogen-bond donors (Lipinski definition) is 2. The zero-order valence-corrected chi connectivity index (χ0v) is 11.1. The molecule has 0 radical (unpaired) electrons. The topological polar surface area (TPSA) is 66.6 Å². The first kappa shape index (κ1) is 14.5. The minimum atomic E-state index is -0.256. The van der Waals surface area contributed by atoms with Gasteiger partial charge in [0, 0.05) is 25.6 Å². The molecule has 1 aliphatic heterocycles. The van der Waals surface area contributed by atoms with Crippen LogP contribution in [0.5, 0.6) is 0 Å². The van der Waals surface area contributed by atoms with Crippen LogP contribution in [-0.4, -0.2) is 41.1 Å². The third-order valence-corrected chi connectivity index (χ3v) is 3.46. The third-order valence-electron chi connectivity index (χ3n) is 3.46. The van der Waals surface area contributed by atoms with Crippen molar-refractivity contribution in [2.45, 2.75) is 58.1 Å². The van der Waals surface area contributed by atoms with Gasteiger partial charge >= 0.3 is 0 Å². The van der Waals surface area contributed by atoms with Gasteiger partial charge in [0.25, 0.3) is 0 Å². The van der Waals surface area contributed by atoms with Crippen LogP contribution in [0.4, 0.5) is 0 Å². The second kappa shape index (κ2) is 6.97. The molecule has 3 atom stereocenters. The van der Waals surface area contributed by atoms with Gasteiger partial charge in [-0.15, -0.1) is 0 Å². The van der Waals surface area contributed by atoms with Crippen LogP contribution in [0.1, 0.15) is 46.0 Å². The number of piperidine rings is 1. The summed E-state index contributed by atoms with van der Waals surface area (Å²) < 4.78 is 0. The van der Waals surface area contributed by atoms with Gasteiger partial charge < -0.3 is 15.7 Å². The number of rotatable bonds is 5. The Morgan fingerprint density at radius 1 is 1.47 bits per heavy atom. The van der Waals surface area contributed by atoms with Crippen molar-refractivity contribution in [3.63, 3.8) is 0 Å². The molecular formula is C13H26N2O2. The van der Waals surface area contributed by atoms with Gasteiger partial charge in [-0.1, -0.05) is 13.8 Å². The van der Waals surface area contributed by atoms with Crippen molar-refractivity contribution < 1.29 is 9.90 Å². The zero-order chi connectivity index (χ0) is 12.8. The van der Waals surface area contributed by atoms with E-state index in [-0.39, 0.29) is 18.1 Å². The van der Waals surface area contributed by atoms with Crippen molar-refractivity contribution in [1.29, 1.82) is 0 Å². The Labute approximate surface area is 104 Å². The predicted molar refractivity (Wildman–Crippen MR) is 68.5 cm³/mol. The van der Waals surface area contributed by atoms with E-state index in [0.717, 1.165) is 32.2 Å². The summed E-state index contributed by atoms with van der Waals surface area (Å²) in [5.41, 5.74) is 5.99. The van der Waals surface area contributed by atoms with Gasteiger partial charge in [-0.05, 0) is 31.6 Å². The second-order valence-corrected chi connectivity index (χ2v) is 5.21. The molecule has 0 spiro atoms. The molecule has 0 aromatic carbocycles. The fourth-order valence-corrected chi connectivity index (χ4v) is 2.54. The van der Waals surface area contributed by atoms with E-state index in [1.54, 1.807) is 0 Å². The summed E-state index contributed by atoms with van der Waals surface area (Å²) in [4.78, 5) is 13.7. The van der Waals surface area contributed by atoms with E-state index in [2.05, 4.69) is 0 Å². The number of carbonyl (C=O) groups is 1. The van der Waals surface area contributed by atoms with Crippen LogP contribution < -0.4 is 5.73 Å². The van der Waals surface area contributed by atoms with Crippen LogP contribution in [0.15, 0.2) is 0 Å². The van der Waals surface area contributed by atoms with E-state index in [4.69, 9.17) is 5.73 Å². The standard InChI is InChI=1S/C13H26N2O2/c1-3-5-13(17)15-8-10(6-11(14)9-15)7-12(16)4-2/h10-12,16H,3-9,14H2,1-2H3. The van der Waals surface area contributed by atoms with E-state index in [1.807, 2.05) is 18.7 Å². The number of likely N-dealkylation sites (tertiary alicyclic amines) is 1. The molecule has 3 unspecified atom stereocenters. The monoisotopic (exact) mass is 242 g/mol. The number of nitrogens with two attached hydrogens (primary N) is 1. The highest BCUT2D eigenvalue weighted by Crippen LogP contribution is 2.22. The first-order valence-electron chi connectivity index (χ1n) is 6.78. The molecule has 0 bridgehead atoms. The molecule has 4 nitrogen and oxygen atoms in total. The highest BCUT2D eigenvalue weighted by Gasteiger charge is 2.28. The summed E-state index contributed by atoms with van der Waals surface area (Å²) in [5.74, 6) is 0.563. The first-order valence-corrected chi connectivity index (χ1v) is 6.78. The van der Waals surface area contributed by atoms with Gasteiger partial charge in [-0.3, -0.25) is 4.79 Å². The van der Waals surface area contributed by atoms with Gasteiger partial charge in [0.05, 0.1) is 6.10 Å². The largest absolute Gasteiger partial charge is 0.393 e. The van der Waals surface area contributed by atoms with Crippen molar-refractivity contribution in [3.8, 4) is 0 Å². The maximum Gasteiger partial charge on any atom is 0.222 e. The number of hydrogen-bond acceptors (Lipinski definition) is 3. The third kappa shape index (κ3) is 4.64. The lowest BCUT2D eigenvalue weighted by molar-refractivity contribution is -0.133. The molecule has 1 saturated heterocycles. The van der Waals surface area contributed by atoms with E-state index in [0.29, 0.717) is 18.9 Å². The van der Waals surface area contributed by atoms with Crippen molar-refractivity contribution >= 4 is 5.91 Å². The first-order chi connectivity index (χ1) is 8.06. The molecule has 4 heteroatoms. The molecule has 1 aliphatic rings. The summed E-state index contributed by atoms with van der Waals surface area (Å²) >= 11 is 0. The predicted octanol–water partition coefficient (Wildman–Crippen LogP) is 1.12. The lowest BCUT2D eigenvalue weighted by Crippen LogP contribution is -2.49. The SMILES string of the molecule is CCCC(=O)N1CC(N)CC(CC(O)CC)C1. The molecule has 1 amide bonds. The smallest absolute Gasteiger partial charge is 0.222 e. The van der Waals surface area contributed by atoms with Gasteiger partial charge in [0.2, 0.25) is 5.91 Å². The van der Waals surface area contributed by atoms with Crippen LogP contribution in [0.3, 0.4) is 0 Å². The van der Waals surface area contributed by atoms with Crippen LogP contribution in [0, 0.1) is 5.92 Å². The fraction of sp³-hybridized carbons (Fsp3) is 0.923. The summed E-state index contributed by atoms with van der Waals surface area (Å²) in [7, 11) is 0. The molecular weight excluding hydrogens is 216 g/mol. The maximum absolute atomic E-state index is 11.9. The number of aliphatic hydroxyl groups is 1. The van der Waals surface area contributed by atoms with E-state index in [9.17, 15) is 9.90 Å². The average molecular weight is 242 g/mol. The summed E-state index contributed by atoms with van der Waals surface area (Å²) in [6.07, 6.45) is 3.69. The minimum Gasteiger partial charge on any atom is -0.393 e. The molecule has 0 aliphatic carbocycles. The lowest BCUT2D eigenvalue weighted by atomic mass is 9.89. The number of aliphatic hydroxyl groups excluding tert-OH is 1. The molecule has 3 N–H and O–H groups in total. The van der Waals surface area contributed by atoms with E-state index >= 15 is 0 Å². The Kier molecular flexibility index (Phi) is 5.92. The highest BCUT2D eigenvalue weighted by molar-refractivity contribution is 5.76. The Balaban J connectivity index is 2.49. The second-order valence-electron chi connectivity index (χ2n) is 5.21. The van der Waals surface area contributed by atoms with Crippen LogP contribution in [0.2, 0.25) is 0 Å². The minimum absolute atomic E-state index is 0.0682. The summed E-state index contributed by atoms with van der Waals surface area (Å²) in [6.45, 7) is 5.44. The van der Waals surface area contributed by atoms with Crippen molar-refractivity contribution in [3.05, 3.63) is 0 Å². The van der Waals surface area contributed by atoms with Gasteiger partial charge in [-0.2, -0.15) is 0 Å². The molecule has 100 valence electrons. The van der Waals surface area contributed by atoms with E-state index < -0.39 is 0 Å². The van der Waals surface area contributed by atoms with Crippen LogP contribution in [-0.2, 0) is 4.79 Å². The van der Waals surface area contributed by atoms with Crippen molar-refractivity contribution in [2.75, 3.05) is 13.1 Å². The zero-order valence-electron chi connectivity index (χ0n) is 11.1. The number of amides is 1. The lowest BCUT2D eigenvalue weighted by Gasteiger charge is -2.37. The molecule has 0 aromatic rings. The van der Waals surface area contributed by atoms with E-state index in [1.165, 1.54) is 0 Å². The molecule has 0 saturated carbocycles.